The largest absolute Gasteiger partial charge is 0.480 e. The van der Waals surface area contributed by atoms with Gasteiger partial charge in [0.1, 0.15) is 11.0 Å². The molecule has 8 heteroatoms. The lowest BCUT2D eigenvalue weighted by Gasteiger charge is -2.37. The van der Waals surface area contributed by atoms with Gasteiger partial charge in [-0.05, 0) is 6.07 Å². The number of hydrogen-bond donors (Lipinski definition) is 2. The van der Waals surface area contributed by atoms with E-state index in [0.29, 0.717) is 15.7 Å². The predicted molar refractivity (Wildman–Crippen MR) is 79.6 cm³/mol. The van der Waals surface area contributed by atoms with E-state index in [0.717, 1.165) is 28.7 Å². The van der Waals surface area contributed by atoms with E-state index < -0.39 is 29.0 Å². The normalized spacial score (nSPS) is 25.6. The van der Waals surface area contributed by atoms with Gasteiger partial charge in [0.2, 0.25) is 0 Å². The van der Waals surface area contributed by atoms with Crippen molar-refractivity contribution >= 4 is 35.0 Å². The third-order valence-corrected chi connectivity index (χ3v) is 6.24. The Bertz CT molecular complexity index is 855. The van der Waals surface area contributed by atoms with Crippen LogP contribution in [0.2, 0.25) is 0 Å². The van der Waals surface area contributed by atoms with Crippen LogP contribution in [0.5, 0.6) is 5.75 Å². The van der Waals surface area contributed by atoms with Gasteiger partial charge in [-0.1, -0.05) is 41.3 Å². The molecule has 1 aromatic heterocycles. The van der Waals surface area contributed by atoms with Crippen LogP contribution in [0, 0.1) is 5.92 Å². The average Bonchev–Trinajstić information content (AvgIpc) is 2.86. The highest BCUT2D eigenvalue weighted by Gasteiger charge is 2.51. The molecule has 0 saturated carbocycles. The maximum absolute atomic E-state index is 12.3. The standard InChI is InChI=1S/C14H9NO5S2/c16-12(17)10-8-7(9-11(21-10)15-14(19)22-9)5-3-1-2-4-6(5)20-13(8)18/h1-4,7-8,10H,(H,15,19)(H,16,17)/t7-,8+,10+/m1/s1. The Labute approximate surface area is 132 Å². The van der Waals surface area contributed by atoms with Crippen molar-refractivity contribution in [1.82, 2.24) is 4.98 Å². The zero-order valence-electron chi connectivity index (χ0n) is 10.9. The minimum atomic E-state index is -1.09. The number of aromatic amines is 1. The van der Waals surface area contributed by atoms with Crippen molar-refractivity contribution in [1.29, 1.82) is 0 Å². The smallest absolute Gasteiger partial charge is 0.317 e. The summed E-state index contributed by atoms with van der Waals surface area (Å²) in [5.74, 6) is -2.52. The predicted octanol–water partition coefficient (Wildman–Crippen LogP) is 1.66. The van der Waals surface area contributed by atoms with Gasteiger partial charge in [0.15, 0.2) is 0 Å². The fraction of sp³-hybridized carbons (Fsp3) is 0.214. The first-order valence-corrected chi connectivity index (χ1v) is 8.19. The van der Waals surface area contributed by atoms with E-state index in [9.17, 15) is 19.5 Å². The minimum Gasteiger partial charge on any atom is -0.480 e. The van der Waals surface area contributed by atoms with Gasteiger partial charge in [0, 0.05) is 16.4 Å². The monoisotopic (exact) mass is 335 g/mol. The van der Waals surface area contributed by atoms with Gasteiger partial charge < -0.3 is 14.8 Å². The van der Waals surface area contributed by atoms with E-state index in [4.69, 9.17) is 4.74 Å². The van der Waals surface area contributed by atoms with Gasteiger partial charge in [0.05, 0.1) is 10.9 Å². The molecule has 0 aliphatic carbocycles. The third-order valence-electron chi connectivity index (χ3n) is 3.83. The number of aliphatic carboxylic acids is 1. The Morgan fingerprint density at radius 2 is 2.05 bits per heavy atom. The number of carboxylic acids is 1. The highest BCUT2D eigenvalue weighted by molar-refractivity contribution is 8.00. The second-order valence-corrected chi connectivity index (χ2v) is 7.21. The maximum atomic E-state index is 12.3. The van der Waals surface area contributed by atoms with Crippen molar-refractivity contribution in [3.63, 3.8) is 0 Å². The molecule has 0 amide bonds. The van der Waals surface area contributed by atoms with Crippen LogP contribution in [0.15, 0.2) is 34.1 Å². The highest BCUT2D eigenvalue weighted by Crippen LogP contribution is 2.53. The number of para-hydroxylation sites is 1. The average molecular weight is 335 g/mol. The van der Waals surface area contributed by atoms with Crippen LogP contribution in [0.4, 0.5) is 0 Å². The van der Waals surface area contributed by atoms with Crippen LogP contribution in [0.1, 0.15) is 16.4 Å². The lowest BCUT2D eigenvalue weighted by molar-refractivity contribution is -0.147. The number of esters is 1. The van der Waals surface area contributed by atoms with Crippen LogP contribution in [-0.4, -0.2) is 27.3 Å². The summed E-state index contributed by atoms with van der Waals surface area (Å²) in [7, 11) is 0. The number of thiazole rings is 1. The summed E-state index contributed by atoms with van der Waals surface area (Å²) >= 11 is 2.03. The van der Waals surface area contributed by atoms with Crippen LogP contribution >= 0.6 is 23.1 Å². The first kappa shape index (κ1) is 13.6. The molecule has 0 spiro atoms. The van der Waals surface area contributed by atoms with Crippen molar-refractivity contribution in [2.75, 3.05) is 0 Å². The van der Waals surface area contributed by atoms with Crippen molar-refractivity contribution in [3.8, 4) is 5.75 Å². The first-order valence-electron chi connectivity index (χ1n) is 6.49. The molecule has 2 aromatic rings. The molecule has 0 fully saturated rings. The molecule has 22 heavy (non-hydrogen) atoms. The number of carbonyl (C=O) groups is 2. The number of ether oxygens (including phenoxy) is 1. The van der Waals surface area contributed by atoms with Crippen molar-refractivity contribution in [3.05, 3.63) is 44.4 Å². The number of rotatable bonds is 1. The molecule has 0 radical (unpaired) electrons. The number of benzene rings is 1. The Morgan fingerprint density at radius 3 is 2.82 bits per heavy atom. The van der Waals surface area contributed by atoms with E-state index in [2.05, 4.69) is 4.98 Å². The summed E-state index contributed by atoms with van der Waals surface area (Å²) in [5.41, 5.74) is 0.746. The fourth-order valence-corrected chi connectivity index (χ4v) is 5.36. The Hall–Kier alpha value is -2.06. The van der Waals surface area contributed by atoms with E-state index in [1.165, 1.54) is 0 Å². The van der Waals surface area contributed by atoms with Gasteiger partial charge in [0.25, 0.3) is 0 Å². The SMILES string of the molecule is O=C1Oc2ccccc2[C@H]2c3sc(=O)[nH]c3S[C@H](C(=O)O)[C@@H]12. The molecule has 2 N–H and O–H groups in total. The lowest BCUT2D eigenvalue weighted by Crippen LogP contribution is -2.44. The van der Waals surface area contributed by atoms with Crippen LogP contribution < -0.4 is 9.61 Å². The molecule has 4 rings (SSSR count). The summed E-state index contributed by atoms with van der Waals surface area (Å²) in [6.45, 7) is 0. The van der Waals surface area contributed by atoms with Gasteiger partial charge in [-0.25, -0.2) is 0 Å². The zero-order valence-corrected chi connectivity index (χ0v) is 12.6. The van der Waals surface area contributed by atoms with Crippen molar-refractivity contribution in [2.45, 2.75) is 16.2 Å². The molecular weight excluding hydrogens is 326 g/mol. The quantitative estimate of drug-likeness (QED) is 0.608. The van der Waals surface area contributed by atoms with E-state index in [-0.39, 0.29) is 4.87 Å². The molecule has 0 saturated heterocycles. The Morgan fingerprint density at radius 1 is 1.27 bits per heavy atom. The third kappa shape index (κ3) is 1.84. The summed E-state index contributed by atoms with van der Waals surface area (Å²) in [6, 6.07) is 7.04. The molecule has 1 aromatic carbocycles. The van der Waals surface area contributed by atoms with Crippen molar-refractivity contribution < 1.29 is 19.4 Å². The van der Waals surface area contributed by atoms with Gasteiger partial charge in [-0.2, -0.15) is 0 Å². The molecule has 3 heterocycles. The first-order chi connectivity index (χ1) is 10.6. The highest BCUT2D eigenvalue weighted by atomic mass is 32.2. The van der Waals surface area contributed by atoms with Crippen LogP contribution in [0.3, 0.4) is 0 Å². The topological polar surface area (TPSA) is 96.5 Å². The molecule has 0 bridgehead atoms. The second-order valence-electron chi connectivity index (χ2n) is 5.05. The van der Waals surface area contributed by atoms with Gasteiger partial charge >= 0.3 is 16.8 Å². The number of aromatic nitrogens is 1. The number of carboxylic acid groups (broad SMARTS) is 1. The maximum Gasteiger partial charge on any atom is 0.317 e. The summed E-state index contributed by atoms with van der Waals surface area (Å²) in [5, 5.41) is 9.01. The lowest BCUT2D eigenvalue weighted by atomic mass is 9.80. The zero-order chi connectivity index (χ0) is 15.4. The second kappa shape index (κ2) is 4.72. The van der Waals surface area contributed by atoms with Crippen molar-refractivity contribution in [2.24, 2.45) is 5.92 Å². The van der Waals surface area contributed by atoms with E-state index in [1.807, 2.05) is 12.1 Å². The van der Waals surface area contributed by atoms with E-state index in [1.54, 1.807) is 12.1 Å². The summed E-state index contributed by atoms with van der Waals surface area (Å²) in [4.78, 5) is 38.7. The summed E-state index contributed by atoms with van der Waals surface area (Å²) in [6.07, 6.45) is 0. The molecule has 6 nitrogen and oxygen atoms in total. The van der Waals surface area contributed by atoms with E-state index >= 15 is 0 Å². The number of fused-ring (bicyclic) bond motifs is 5. The van der Waals surface area contributed by atoms with Crippen LogP contribution in [-0.2, 0) is 9.59 Å². The fourth-order valence-electron chi connectivity index (χ4n) is 2.96. The van der Waals surface area contributed by atoms with Crippen LogP contribution in [0.25, 0.3) is 0 Å². The molecule has 2 aliphatic heterocycles. The van der Waals surface area contributed by atoms with Gasteiger partial charge in [-0.15, -0.1) is 0 Å². The number of hydrogen-bond acceptors (Lipinski definition) is 6. The summed E-state index contributed by atoms with van der Waals surface area (Å²) < 4.78 is 5.30. The molecule has 3 atom stereocenters. The molecule has 0 unspecified atom stereocenters. The molecule has 112 valence electrons. The molecular formula is C14H9NO5S2. The number of thioether (sulfide) groups is 1. The van der Waals surface area contributed by atoms with Gasteiger partial charge in [-0.3, -0.25) is 14.4 Å². The number of nitrogens with one attached hydrogen (secondary N) is 1. The minimum absolute atomic E-state index is 0.251. The Balaban J connectivity index is 1.99. The Kier molecular flexibility index (Phi) is 2.92. The number of carbonyl (C=O) groups excluding carboxylic acids is 1. The number of H-pyrrole nitrogens is 1. The molecule has 2 aliphatic rings.